The number of nitrogens with zero attached hydrogens (tertiary/aromatic N) is 3. The predicted molar refractivity (Wildman–Crippen MR) is 123 cm³/mol. The van der Waals surface area contributed by atoms with Crippen LogP contribution in [0.2, 0.25) is 5.02 Å². The molecule has 0 saturated carbocycles. The molecule has 0 bridgehead atoms. The molecule has 1 heterocycles. The molecule has 0 aliphatic rings. The van der Waals surface area contributed by atoms with Crippen LogP contribution in [0.25, 0.3) is 11.4 Å². The van der Waals surface area contributed by atoms with Crippen LogP contribution in [0.5, 0.6) is 5.75 Å². The van der Waals surface area contributed by atoms with Crippen LogP contribution in [0.1, 0.15) is 32.2 Å². The Hall–Kier alpha value is -4.57. The lowest BCUT2D eigenvalue weighted by Gasteiger charge is -2.08. The average molecular weight is 494 g/mol. The number of hydrogen-bond acceptors (Lipinski definition) is 9. The van der Waals surface area contributed by atoms with Crippen LogP contribution >= 0.6 is 11.6 Å². The van der Waals surface area contributed by atoms with E-state index in [1.54, 1.807) is 43.5 Å². The third-order valence-corrected chi connectivity index (χ3v) is 5.26. The van der Waals surface area contributed by atoms with E-state index in [0.717, 1.165) is 6.07 Å². The summed E-state index contributed by atoms with van der Waals surface area (Å²) in [7, 11) is 1.56. The molecule has 0 spiro atoms. The lowest BCUT2D eigenvalue weighted by Crippen LogP contribution is -2.13. The minimum absolute atomic E-state index is 0.00221. The van der Waals surface area contributed by atoms with Crippen LogP contribution in [0.15, 0.2) is 71.3 Å². The minimum atomic E-state index is -0.804. The number of aromatic nitrogens is 2. The van der Waals surface area contributed by atoms with Gasteiger partial charge >= 0.3 is 5.97 Å². The SMILES string of the molecule is COc1ccc(-c2noc(COC(=O)c3ccccc3C(=O)c3ccc(Cl)c([N+](=O)[O-])c3)n2)cc1. The quantitative estimate of drug-likeness (QED) is 0.145. The molecule has 0 aliphatic heterocycles. The zero-order valence-corrected chi connectivity index (χ0v) is 18.9. The molecular formula is C24H16ClN3O7. The minimum Gasteiger partial charge on any atom is -0.497 e. The number of rotatable bonds is 8. The summed E-state index contributed by atoms with van der Waals surface area (Å²) in [5, 5.41) is 14.9. The van der Waals surface area contributed by atoms with E-state index in [9.17, 15) is 19.7 Å². The molecule has 0 unspecified atom stereocenters. The summed E-state index contributed by atoms with van der Waals surface area (Å²) in [5.41, 5.74) is 0.257. The largest absolute Gasteiger partial charge is 0.497 e. The number of benzene rings is 3. The highest BCUT2D eigenvalue weighted by molar-refractivity contribution is 6.33. The van der Waals surface area contributed by atoms with Gasteiger partial charge in [-0.15, -0.1) is 0 Å². The topological polar surface area (TPSA) is 135 Å². The number of hydrogen-bond donors (Lipinski definition) is 0. The summed E-state index contributed by atoms with van der Waals surface area (Å²) in [4.78, 5) is 40.4. The zero-order valence-electron chi connectivity index (χ0n) is 18.1. The van der Waals surface area contributed by atoms with Crippen molar-refractivity contribution in [3.8, 4) is 17.1 Å². The highest BCUT2D eigenvalue weighted by atomic mass is 35.5. The van der Waals surface area contributed by atoms with Crippen molar-refractivity contribution in [2.75, 3.05) is 7.11 Å². The smallest absolute Gasteiger partial charge is 0.339 e. The van der Waals surface area contributed by atoms with Gasteiger partial charge in [-0.1, -0.05) is 35.0 Å². The number of ketones is 1. The van der Waals surface area contributed by atoms with Crippen LogP contribution in [-0.4, -0.2) is 33.9 Å². The Kier molecular flexibility index (Phi) is 6.83. The molecule has 3 aromatic carbocycles. The number of carbonyl (C=O) groups is 2. The van der Waals surface area contributed by atoms with E-state index < -0.39 is 22.4 Å². The summed E-state index contributed by atoms with van der Waals surface area (Å²) in [6.07, 6.45) is 0. The van der Waals surface area contributed by atoms with Gasteiger partial charge in [-0.2, -0.15) is 4.98 Å². The molecule has 4 rings (SSSR count). The van der Waals surface area contributed by atoms with Crippen molar-refractivity contribution >= 4 is 29.0 Å². The maximum Gasteiger partial charge on any atom is 0.339 e. The molecule has 0 amide bonds. The monoisotopic (exact) mass is 493 g/mol. The van der Waals surface area contributed by atoms with Gasteiger partial charge in [0.2, 0.25) is 5.82 Å². The van der Waals surface area contributed by atoms with Crippen LogP contribution in [-0.2, 0) is 11.3 Å². The summed E-state index contributed by atoms with van der Waals surface area (Å²) in [6.45, 7) is -0.322. The molecule has 1 aromatic heterocycles. The first-order valence-corrected chi connectivity index (χ1v) is 10.5. The predicted octanol–water partition coefficient (Wildman–Crippen LogP) is 4.89. The van der Waals surface area contributed by atoms with Crippen LogP contribution in [0.3, 0.4) is 0 Å². The van der Waals surface area contributed by atoms with Crippen LogP contribution in [0.4, 0.5) is 5.69 Å². The fraction of sp³-hybridized carbons (Fsp3) is 0.0833. The highest BCUT2D eigenvalue weighted by Crippen LogP contribution is 2.27. The van der Waals surface area contributed by atoms with Gasteiger partial charge in [0.1, 0.15) is 10.8 Å². The number of methoxy groups -OCH3 is 1. The van der Waals surface area contributed by atoms with E-state index >= 15 is 0 Å². The fourth-order valence-electron chi connectivity index (χ4n) is 3.18. The van der Waals surface area contributed by atoms with E-state index in [2.05, 4.69) is 10.1 Å². The van der Waals surface area contributed by atoms with Crippen molar-refractivity contribution in [1.29, 1.82) is 0 Å². The van der Waals surface area contributed by atoms with Crippen LogP contribution in [0, 0.1) is 10.1 Å². The molecule has 0 aliphatic carbocycles. The first-order valence-electron chi connectivity index (χ1n) is 10.1. The van der Waals surface area contributed by atoms with Gasteiger partial charge in [-0.05, 0) is 42.5 Å². The van der Waals surface area contributed by atoms with Gasteiger partial charge in [-0.3, -0.25) is 14.9 Å². The van der Waals surface area contributed by atoms with Gasteiger partial charge < -0.3 is 14.0 Å². The molecule has 0 fully saturated rings. The summed E-state index contributed by atoms with van der Waals surface area (Å²) in [5.74, 6) is -0.369. The standard InChI is InChI=1S/C24H16ClN3O7/c1-33-16-9-6-14(7-10-16)23-26-21(35-27-23)13-34-24(30)18-5-3-2-4-17(18)22(29)15-8-11-19(25)20(12-15)28(31)32/h2-12H,13H2,1H3. The number of esters is 1. The van der Waals surface area contributed by atoms with E-state index in [0.29, 0.717) is 17.1 Å². The summed E-state index contributed by atoms with van der Waals surface area (Å²) < 4.78 is 15.5. The Bertz CT molecular complexity index is 1420. The number of halogens is 1. The van der Waals surface area contributed by atoms with Gasteiger partial charge in [-0.25, -0.2) is 4.79 Å². The number of nitro groups is 1. The first kappa shape index (κ1) is 23.6. The van der Waals surface area contributed by atoms with Crippen molar-refractivity contribution in [3.05, 3.63) is 104 Å². The Morgan fingerprint density at radius 1 is 1.06 bits per heavy atom. The molecule has 4 aromatic rings. The lowest BCUT2D eigenvalue weighted by atomic mass is 9.98. The van der Waals surface area contributed by atoms with Gasteiger partial charge in [0.15, 0.2) is 12.4 Å². The second kappa shape index (κ2) is 10.1. The summed E-state index contributed by atoms with van der Waals surface area (Å²) >= 11 is 5.82. The lowest BCUT2D eigenvalue weighted by molar-refractivity contribution is -0.384. The van der Waals surface area contributed by atoms with Crippen molar-refractivity contribution in [3.63, 3.8) is 0 Å². The van der Waals surface area contributed by atoms with Crippen molar-refractivity contribution < 1.29 is 28.5 Å². The third kappa shape index (κ3) is 5.17. The van der Waals surface area contributed by atoms with Crippen molar-refractivity contribution in [1.82, 2.24) is 10.1 Å². The molecule has 0 radical (unpaired) electrons. The average Bonchev–Trinajstić information content (AvgIpc) is 3.36. The Morgan fingerprint density at radius 3 is 2.46 bits per heavy atom. The molecule has 11 heteroatoms. The van der Waals surface area contributed by atoms with E-state index in [4.69, 9.17) is 25.6 Å². The highest BCUT2D eigenvalue weighted by Gasteiger charge is 2.23. The molecule has 35 heavy (non-hydrogen) atoms. The number of nitro benzene ring substituents is 1. The summed E-state index contributed by atoms with van der Waals surface area (Å²) in [6, 6.07) is 16.6. The molecular weight excluding hydrogens is 478 g/mol. The Morgan fingerprint density at radius 2 is 1.77 bits per heavy atom. The molecule has 0 atom stereocenters. The van der Waals surface area contributed by atoms with Crippen molar-refractivity contribution in [2.45, 2.75) is 6.61 Å². The second-order valence-corrected chi connectivity index (χ2v) is 7.52. The fourth-order valence-corrected chi connectivity index (χ4v) is 3.37. The van der Waals surface area contributed by atoms with E-state index in [-0.39, 0.29) is 34.2 Å². The van der Waals surface area contributed by atoms with Gasteiger partial charge in [0.05, 0.1) is 17.6 Å². The Labute approximate surface area is 203 Å². The first-order chi connectivity index (χ1) is 16.9. The van der Waals surface area contributed by atoms with Crippen LogP contribution < -0.4 is 4.74 Å². The maximum atomic E-state index is 13.0. The van der Waals surface area contributed by atoms with E-state index in [1.165, 1.54) is 24.3 Å². The molecule has 0 N–H and O–H groups in total. The number of ether oxygens (including phenoxy) is 2. The zero-order chi connectivity index (χ0) is 24.9. The normalized spacial score (nSPS) is 10.6. The Balaban J connectivity index is 1.50. The van der Waals surface area contributed by atoms with Crippen molar-refractivity contribution in [2.24, 2.45) is 0 Å². The molecule has 176 valence electrons. The second-order valence-electron chi connectivity index (χ2n) is 7.11. The van der Waals surface area contributed by atoms with Gasteiger partial charge in [0, 0.05) is 22.8 Å². The third-order valence-electron chi connectivity index (χ3n) is 4.94. The van der Waals surface area contributed by atoms with Gasteiger partial charge in [0.25, 0.3) is 11.6 Å². The molecule has 10 nitrogen and oxygen atoms in total. The van der Waals surface area contributed by atoms with E-state index in [1.807, 2.05) is 0 Å². The molecule has 0 saturated heterocycles. The number of carbonyl (C=O) groups excluding carboxylic acids is 2. The maximum absolute atomic E-state index is 13.0.